The number of nitrogens with one attached hydrogen (secondary N) is 1. The Bertz CT molecular complexity index is 621. The SMILES string of the molecule is Cc1cc(CN=C(N)NC2CCC2)ccc1S(N)(=O)=O. The van der Waals surface area contributed by atoms with Crippen molar-refractivity contribution in [2.24, 2.45) is 15.9 Å². The summed E-state index contributed by atoms with van der Waals surface area (Å²) in [5.41, 5.74) is 7.31. The fraction of sp³-hybridized carbons (Fsp3) is 0.462. The van der Waals surface area contributed by atoms with Gasteiger partial charge < -0.3 is 11.1 Å². The molecule has 5 N–H and O–H groups in total. The van der Waals surface area contributed by atoms with Crippen LogP contribution >= 0.6 is 0 Å². The van der Waals surface area contributed by atoms with Crippen LogP contribution in [0.25, 0.3) is 0 Å². The average molecular weight is 296 g/mol. The zero-order chi connectivity index (χ0) is 14.8. The molecule has 0 bridgehead atoms. The topological polar surface area (TPSA) is 111 Å². The van der Waals surface area contributed by atoms with Crippen molar-refractivity contribution >= 4 is 16.0 Å². The lowest BCUT2D eigenvalue weighted by molar-refractivity contribution is 0.382. The van der Waals surface area contributed by atoms with E-state index in [-0.39, 0.29) is 4.90 Å². The Morgan fingerprint density at radius 1 is 1.45 bits per heavy atom. The quantitative estimate of drug-likeness (QED) is 0.558. The number of guanidine groups is 1. The summed E-state index contributed by atoms with van der Waals surface area (Å²) < 4.78 is 22.6. The Labute approximate surface area is 119 Å². The monoisotopic (exact) mass is 296 g/mol. The molecule has 0 aromatic heterocycles. The molecule has 1 fully saturated rings. The first-order valence-electron chi connectivity index (χ1n) is 6.55. The Kier molecular flexibility index (Phi) is 4.29. The number of hydrogen-bond acceptors (Lipinski definition) is 3. The van der Waals surface area contributed by atoms with Gasteiger partial charge in [-0.15, -0.1) is 0 Å². The second-order valence-electron chi connectivity index (χ2n) is 5.12. The second kappa shape index (κ2) is 5.80. The van der Waals surface area contributed by atoms with Crippen molar-refractivity contribution in [1.29, 1.82) is 0 Å². The van der Waals surface area contributed by atoms with Gasteiger partial charge >= 0.3 is 0 Å². The van der Waals surface area contributed by atoms with Gasteiger partial charge in [-0.25, -0.2) is 18.5 Å². The highest BCUT2D eigenvalue weighted by atomic mass is 32.2. The third-order valence-corrected chi connectivity index (χ3v) is 4.51. The summed E-state index contributed by atoms with van der Waals surface area (Å²) in [6.07, 6.45) is 3.51. The first-order valence-corrected chi connectivity index (χ1v) is 8.09. The molecule has 0 amide bonds. The van der Waals surface area contributed by atoms with E-state index >= 15 is 0 Å². The van der Waals surface area contributed by atoms with Crippen LogP contribution in [-0.2, 0) is 16.6 Å². The Balaban J connectivity index is 2.03. The van der Waals surface area contributed by atoms with E-state index in [0.29, 0.717) is 24.1 Å². The minimum atomic E-state index is -3.67. The second-order valence-corrected chi connectivity index (χ2v) is 6.65. The highest BCUT2D eigenvalue weighted by Crippen LogP contribution is 2.18. The number of primary sulfonamides is 1. The van der Waals surface area contributed by atoms with Gasteiger partial charge in [0.1, 0.15) is 0 Å². The van der Waals surface area contributed by atoms with Crippen LogP contribution in [0.5, 0.6) is 0 Å². The lowest BCUT2D eigenvalue weighted by Crippen LogP contribution is -2.43. The zero-order valence-corrected chi connectivity index (χ0v) is 12.3. The summed E-state index contributed by atoms with van der Waals surface area (Å²) in [6, 6.07) is 5.42. The largest absolute Gasteiger partial charge is 0.370 e. The molecule has 2 rings (SSSR count). The maximum atomic E-state index is 11.3. The molecule has 7 heteroatoms. The van der Waals surface area contributed by atoms with Crippen LogP contribution in [0, 0.1) is 6.92 Å². The van der Waals surface area contributed by atoms with Gasteiger partial charge in [0, 0.05) is 6.04 Å². The van der Waals surface area contributed by atoms with Crippen molar-refractivity contribution in [3.8, 4) is 0 Å². The number of rotatable bonds is 4. The van der Waals surface area contributed by atoms with Crippen molar-refractivity contribution in [2.45, 2.75) is 43.7 Å². The number of sulfonamides is 1. The number of aryl methyl sites for hydroxylation is 1. The van der Waals surface area contributed by atoms with Crippen molar-refractivity contribution < 1.29 is 8.42 Å². The molecule has 0 aliphatic heterocycles. The maximum Gasteiger partial charge on any atom is 0.238 e. The third kappa shape index (κ3) is 3.71. The van der Waals surface area contributed by atoms with Gasteiger partial charge in [-0.3, -0.25) is 0 Å². The summed E-state index contributed by atoms with van der Waals surface area (Å²) >= 11 is 0. The molecule has 6 nitrogen and oxygen atoms in total. The van der Waals surface area contributed by atoms with Gasteiger partial charge in [-0.05, 0) is 43.4 Å². The molecule has 0 unspecified atom stereocenters. The lowest BCUT2D eigenvalue weighted by Gasteiger charge is -2.26. The first-order chi connectivity index (χ1) is 9.36. The molecule has 0 radical (unpaired) electrons. The minimum Gasteiger partial charge on any atom is -0.370 e. The Morgan fingerprint density at radius 2 is 2.15 bits per heavy atom. The van der Waals surface area contributed by atoms with Crippen molar-refractivity contribution in [1.82, 2.24) is 5.32 Å². The molecular weight excluding hydrogens is 276 g/mol. The molecule has 1 saturated carbocycles. The van der Waals surface area contributed by atoms with E-state index in [9.17, 15) is 8.42 Å². The number of hydrogen-bond donors (Lipinski definition) is 3. The summed E-state index contributed by atoms with van der Waals surface area (Å²) in [6.45, 7) is 2.13. The van der Waals surface area contributed by atoms with Crippen LogP contribution in [0.15, 0.2) is 28.1 Å². The van der Waals surface area contributed by atoms with E-state index < -0.39 is 10.0 Å². The van der Waals surface area contributed by atoms with E-state index in [1.54, 1.807) is 19.1 Å². The van der Waals surface area contributed by atoms with Gasteiger partial charge in [0.25, 0.3) is 0 Å². The average Bonchev–Trinajstić information content (AvgIpc) is 2.30. The lowest BCUT2D eigenvalue weighted by atomic mass is 9.93. The summed E-state index contributed by atoms with van der Waals surface area (Å²) in [5, 5.41) is 8.27. The van der Waals surface area contributed by atoms with Gasteiger partial charge in [-0.2, -0.15) is 0 Å². The van der Waals surface area contributed by atoms with Gasteiger partial charge in [0.05, 0.1) is 11.4 Å². The number of nitrogens with two attached hydrogens (primary N) is 2. The molecule has 0 heterocycles. The fourth-order valence-corrected chi connectivity index (χ4v) is 2.88. The molecule has 20 heavy (non-hydrogen) atoms. The van der Waals surface area contributed by atoms with Crippen LogP contribution in [0.4, 0.5) is 0 Å². The molecular formula is C13H20N4O2S. The molecule has 1 aromatic carbocycles. The van der Waals surface area contributed by atoms with E-state index in [4.69, 9.17) is 10.9 Å². The van der Waals surface area contributed by atoms with E-state index in [0.717, 1.165) is 18.4 Å². The molecule has 0 saturated heterocycles. The molecule has 0 spiro atoms. The minimum absolute atomic E-state index is 0.144. The number of aliphatic imine (C=N–C) groups is 1. The summed E-state index contributed by atoms with van der Waals surface area (Å²) in [5.74, 6) is 0.433. The van der Waals surface area contributed by atoms with Crippen LogP contribution in [0.3, 0.4) is 0 Å². The van der Waals surface area contributed by atoms with Gasteiger partial charge in [0.2, 0.25) is 10.0 Å². The number of benzene rings is 1. The van der Waals surface area contributed by atoms with Crippen molar-refractivity contribution in [3.05, 3.63) is 29.3 Å². The van der Waals surface area contributed by atoms with E-state index in [2.05, 4.69) is 10.3 Å². The van der Waals surface area contributed by atoms with Crippen molar-refractivity contribution in [3.63, 3.8) is 0 Å². The smallest absolute Gasteiger partial charge is 0.238 e. The van der Waals surface area contributed by atoms with Crippen LogP contribution < -0.4 is 16.2 Å². The maximum absolute atomic E-state index is 11.3. The van der Waals surface area contributed by atoms with Crippen molar-refractivity contribution in [2.75, 3.05) is 0 Å². The predicted molar refractivity (Wildman–Crippen MR) is 78.7 cm³/mol. The highest BCUT2D eigenvalue weighted by Gasteiger charge is 2.17. The summed E-state index contributed by atoms with van der Waals surface area (Å²) in [7, 11) is -3.67. The normalized spacial score (nSPS) is 16.8. The third-order valence-electron chi connectivity index (χ3n) is 3.44. The predicted octanol–water partition coefficient (Wildman–Crippen LogP) is 0.599. The Hall–Kier alpha value is -1.60. The molecule has 110 valence electrons. The van der Waals surface area contributed by atoms with E-state index in [1.807, 2.05) is 0 Å². The van der Waals surface area contributed by atoms with Gasteiger partial charge in [0.15, 0.2) is 5.96 Å². The molecule has 0 atom stereocenters. The number of nitrogens with zero attached hydrogens (tertiary/aromatic N) is 1. The molecule has 1 aliphatic rings. The van der Waals surface area contributed by atoms with Crippen LogP contribution in [0.1, 0.15) is 30.4 Å². The van der Waals surface area contributed by atoms with Crippen LogP contribution in [-0.4, -0.2) is 20.4 Å². The van der Waals surface area contributed by atoms with Gasteiger partial charge in [-0.1, -0.05) is 12.1 Å². The van der Waals surface area contributed by atoms with Crippen LogP contribution in [0.2, 0.25) is 0 Å². The Morgan fingerprint density at radius 3 is 2.65 bits per heavy atom. The summed E-state index contributed by atoms with van der Waals surface area (Å²) in [4.78, 5) is 4.40. The standard InChI is InChI=1S/C13H20N4O2S/c1-9-7-10(5-6-12(9)20(15,18)19)8-16-13(14)17-11-3-2-4-11/h5-7,11H,2-4,8H2,1H3,(H3,14,16,17)(H2,15,18,19). The highest BCUT2D eigenvalue weighted by molar-refractivity contribution is 7.89. The molecule has 1 aliphatic carbocycles. The fourth-order valence-electron chi connectivity index (χ4n) is 2.11. The first kappa shape index (κ1) is 14.8. The van der Waals surface area contributed by atoms with E-state index in [1.165, 1.54) is 12.5 Å². The molecule has 1 aromatic rings. The zero-order valence-electron chi connectivity index (χ0n) is 11.5.